The molecule has 0 aliphatic heterocycles. The lowest BCUT2D eigenvalue weighted by molar-refractivity contribution is -0.139. The molecule has 0 atom stereocenters. The summed E-state index contributed by atoms with van der Waals surface area (Å²) in [5.41, 5.74) is -0.302. The number of nitrogens with zero attached hydrogens (tertiary/aromatic N) is 1. The smallest absolute Gasteiger partial charge is 0.419 e. The van der Waals surface area contributed by atoms with Gasteiger partial charge in [-0.3, -0.25) is 4.79 Å². The third-order valence-corrected chi connectivity index (χ3v) is 3.87. The quantitative estimate of drug-likeness (QED) is 0.562. The first kappa shape index (κ1) is 21.1. The lowest BCUT2D eigenvalue weighted by Crippen LogP contribution is -2.28. The third kappa shape index (κ3) is 5.94. The Labute approximate surface area is 169 Å². The second-order valence-corrected chi connectivity index (χ2v) is 6.12. The third-order valence-electron chi connectivity index (χ3n) is 3.87. The predicted molar refractivity (Wildman–Crippen MR) is 99.5 cm³/mol. The van der Waals surface area contributed by atoms with Crippen LogP contribution in [0.5, 0.6) is 17.4 Å². The van der Waals surface area contributed by atoms with Crippen molar-refractivity contribution in [3.63, 3.8) is 0 Å². The highest BCUT2D eigenvalue weighted by molar-refractivity contribution is 5.77. The number of hydrogen-bond donors (Lipinski definition) is 1. The van der Waals surface area contributed by atoms with Crippen LogP contribution in [0.25, 0.3) is 0 Å². The van der Waals surface area contributed by atoms with E-state index in [1.165, 1.54) is 42.6 Å². The molecule has 1 N–H and O–H groups in total. The highest BCUT2D eigenvalue weighted by atomic mass is 19.4. The summed E-state index contributed by atoms with van der Waals surface area (Å²) in [6.07, 6.45) is -3.10. The summed E-state index contributed by atoms with van der Waals surface area (Å²) in [4.78, 5) is 16.0. The number of pyridine rings is 1. The van der Waals surface area contributed by atoms with Crippen LogP contribution in [0.15, 0.2) is 66.9 Å². The standard InChI is InChI=1S/C21H16F4N2O3/c22-15-6-8-16(9-7-15)30-20-10-5-14(12-27-20)11-26-19(28)13-29-18-4-2-1-3-17(18)21(23,24)25/h1-10,12H,11,13H2,(H,26,28). The zero-order valence-corrected chi connectivity index (χ0v) is 15.4. The molecule has 0 aliphatic carbocycles. The average Bonchev–Trinajstić information content (AvgIpc) is 2.73. The second-order valence-electron chi connectivity index (χ2n) is 6.12. The van der Waals surface area contributed by atoms with Gasteiger partial charge in [0.15, 0.2) is 6.61 Å². The van der Waals surface area contributed by atoms with Crippen molar-refractivity contribution in [2.45, 2.75) is 12.7 Å². The highest BCUT2D eigenvalue weighted by Gasteiger charge is 2.34. The first-order chi connectivity index (χ1) is 14.3. The van der Waals surface area contributed by atoms with E-state index in [-0.39, 0.29) is 18.2 Å². The lowest BCUT2D eigenvalue weighted by Gasteiger charge is -2.13. The molecule has 0 fully saturated rings. The predicted octanol–water partition coefficient (Wildman–Crippen LogP) is 4.73. The van der Waals surface area contributed by atoms with Crippen molar-refractivity contribution < 1.29 is 31.8 Å². The molecular weight excluding hydrogens is 404 g/mol. The molecule has 156 valence electrons. The van der Waals surface area contributed by atoms with Crippen LogP contribution in [-0.2, 0) is 17.5 Å². The number of benzene rings is 2. The van der Waals surface area contributed by atoms with Crippen molar-refractivity contribution in [3.05, 3.63) is 83.8 Å². The summed E-state index contributed by atoms with van der Waals surface area (Å²) in [6, 6.07) is 13.3. The van der Waals surface area contributed by atoms with Gasteiger partial charge in [-0.25, -0.2) is 9.37 Å². The van der Waals surface area contributed by atoms with Crippen molar-refractivity contribution in [2.24, 2.45) is 0 Å². The molecule has 1 aromatic heterocycles. The van der Waals surface area contributed by atoms with Gasteiger partial charge in [0.1, 0.15) is 17.3 Å². The van der Waals surface area contributed by atoms with Crippen molar-refractivity contribution >= 4 is 5.91 Å². The average molecular weight is 420 g/mol. The molecule has 2 aromatic carbocycles. The highest BCUT2D eigenvalue weighted by Crippen LogP contribution is 2.35. The number of carbonyl (C=O) groups is 1. The Balaban J connectivity index is 1.49. The van der Waals surface area contributed by atoms with Gasteiger partial charge in [-0.15, -0.1) is 0 Å². The Bertz CT molecular complexity index is 990. The molecule has 30 heavy (non-hydrogen) atoms. The summed E-state index contributed by atoms with van der Waals surface area (Å²) in [5.74, 6) is -0.681. The molecule has 1 amide bonds. The zero-order valence-electron chi connectivity index (χ0n) is 15.4. The summed E-state index contributed by atoms with van der Waals surface area (Å²) in [7, 11) is 0. The van der Waals surface area contributed by atoms with Crippen LogP contribution >= 0.6 is 0 Å². The van der Waals surface area contributed by atoms with E-state index in [0.717, 1.165) is 12.1 Å². The number of alkyl halides is 3. The van der Waals surface area contributed by atoms with Crippen molar-refractivity contribution in [1.29, 1.82) is 0 Å². The van der Waals surface area contributed by atoms with Crippen LogP contribution in [-0.4, -0.2) is 17.5 Å². The summed E-state index contributed by atoms with van der Waals surface area (Å²) in [6.45, 7) is -0.459. The minimum Gasteiger partial charge on any atom is -0.483 e. The summed E-state index contributed by atoms with van der Waals surface area (Å²) in [5, 5.41) is 2.54. The number of amides is 1. The molecule has 0 unspecified atom stereocenters. The number of halogens is 4. The van der Waals surface area contributed by atoms with E-state index in [0.29, 0.717) is 11.3 Å². The van der Waals surface area contributed by atoms with E-state index in [2.05, 4.69) is 10.3 Å². The maximum absolute atomic E-state index is 12.9. The van der Waals surface area contributed by atoms with E-state index in [1.54, 1.807) is 12.1 Å². The number of aromatic nitrogens is 1. The maximum Gasteiger partial charge on any atom is 0.419 e. The minimum atomic E-state index is -4.57. The summed E-state index contributed by atoms with van der Waals surface area (Å²) < 4.78 is 62.1. The molecule has 0 saturated carbocycles. The van der Waals surface area contributed by atoms with Crippen LogP contribution in [0.4, 0.5) is 17.6 Å². The van der Waals surface area contributed by atoms with Crippen LogP contribution < -0.4 is 14.8 Å². The Morgan fingerprint density at radius 2 is 1.73 bits per heavy atom. The van der Waals surface area contributed by atoms with E-state index in [9.17, 15) is 22.4 Å². The van der Waals surface area contributed by atoms with Crippen molar-refractivity contribution in [2.75, 3.05) is 6.61 Å². The first-order valence-corrected chi connectivity index (χ1v) is 8.75. The molecule has 0 spiro atoms. The minimum absolute atomic E-state index is 0.104. The normalized spacial score (nSPS) is 11.1. The van der Waals surface area contributed by atoms with Gasteiger partial charge in [0.2, 0.25) is 5.88 Å². The fourth-order valence-electron chi connectivity index (χ4n) is 2.42. The Morgan fingerprint density at radius 3 is 2.40 bits per heavy atom. The molecule has 9 heteroatoms. The van der Waals surface area contributed by atoms with Crippen LogP contribution in [0.3, 0.4) is 0 Å². The van der Waals surface area contributed by atoms with Gasteiger partial charge >= 0.3 is 6.18 Å². The second kappa shape index (κ2) is 9.25. The number of ether oxygens (including phenoxy) is 2. The number of hydrogen-bond acceptors (Lipinski definition) is 4. The Hall–Kier alpha value is -3.62. The summed E-state index contributed by atoms with van der Waals surface area (Å²) >= 11 is 0. The molecular formula is C21H16F4N2O3. The SMILES string of the molecule is O=C(COc1ccccc1C(F)(F)F)NCc1ccc(Oc2ccc(F)cc2)nc1. The topological polar surface area (TPSA) is 60.5 Å². The van der Waals surface area contributed by atoms with Gasteiger partial charge in [0, 0.05) is 18.8 Å². The van der Waals surface area contributed by atoms with Gasteiger partial charge in [-0.2, -0.15) is 13.2 Å². The number of carbonyl (C=O) groups excluding carboxylic acids is 1. The lowest BCUT2D eigenvalue weighted by atomic mass is 10.2. The molecule has 0 aliphatic rings. The molecule has 0 radical (unpaired) electrons. The monoisotopic (exact) mass is 420 g/mol. The Kier molecular flexibility index (Phi) is 6.51. The van der Waals surface area contributed by atoms with E-state index >= 15 is 0 Å². The van der Waals surface area contributed by atoms with E-state index in [1.807, 2.05) is 0 Å². The van der Waals surface area contributed by atoms with Crippen molar-refractivity contribution in [1.82, 2.24) is 10.3 Å². The molecule has 1 heterocycles. The largest absolute Gasteiger partial charge is 0.483 e. The Morgan fingerprint density at radius 1 is 1.00 bits per heavy atom. The number of nitrogens with one attached hydrogen (secondary N) is 1. The first-order valence-electron chi connectivity index (χ1n) is 8.75. The number of para-hydroxylation sites is 1. The van der Waals surface area contributed by atoms with Crippen molar-refractivity contribution in [3.8, 4) is 17.4 Å². The van der Waals surface area contributed by atoms with Gasteiger partial charge in [-0.1, -0.05) is 18.2 Å². The van der Waals surface area contributed by atoms with Crippen LogP contribution in [0, 0.1) is 5.82 Å². The fraction of sp³-hybridized carbons (Fsp3) is 0.143. The van der Waals surface area contributed by atoms with Gasteiger partial charge in [-0.05, 0) is 42.0 Å². The fourth-order valence-corrected chi connectivity index (χ4v) is 2.42. The molecule has 5 nitrogen and oxygen atoms in total. The van der Waals surface area contributed by atoms with Crippen LogP contribution in [0.1, 0.15) is 11.1 Å². The zero-order chi connectivity index (χ0) is 21.6. The van der Waals surface area contributed by atoms with Gasteiger partial charge in [0.05, 0.1) is 5.56 Å². The van der Waals surface area contributed by atoms with Gasteiger partial charge in [0.25, 0.3) is 5.91 Å². The maximum atomic E-state index is 12.9. The van der Waals surface area contributed by atoms with Crippen LogP contribution in [0.2, 0.25) is 0 Å². The molecule has 0 saturated heterocycles. The van der Waals surface area contributed by atoms with E-state index < -0.39 is 30.0 Å². The molecule has 3 rings (SSSR count). The van der Waals surface area contributed by atoms with Gasteiger partial charge < -0.3 is 14.8 Å². The molecule has 0 bridgehead atoms. The molecule has 3 aromatic rings. The number of rotatable bonds is 7. The van der Waals surface area contributed by atoms with E-state index in [4.69, 9.17) is 9.47 Å².